The fourth-order valence-electron chi connectivity index (χ4n) is 11.7. The Balaban J connectivity index is 0.000000156. The number of aryl methyl sites for hydroxylation is 2. The molecule has 10 heterocycles. The molecule has 18 heteroatoms. The van der Waals surface area contributed by atoms with Gasteiger partial charge >= 0.3 is 0 Å². The molecule has 2 amide bonds. The second-order valence-electron chi connectivity index (χ2n) is 20.4. The zero-order valence-corrected chi connectivity index (χ0v) is 42.1. The minimum atomic E-state index is 0.0871. The first-order chi connectivity index (χ1) is 34.9. The van der Waals surface area contributed by atoms with Crippen molar-refractivity contribution >= 4 is 34.8 Å². The van der Waals surface area contributed by atoms with Crippen molar-refractivity contribution in [3.8, 4) is 34.4 Å². The van der Waals surface area contributed by atoms with Gasteiger partial charge in [0.25, 0.3) is 0 Å². The zero-order valence-electron chi connectivity index (χ0n) is 42.1. The van der Waals surface area contributed by atoms with Gasteiger partial charge in [0.05, 0.1) is 74.0 Å². The van der Waals surface area contributed by atoms with Crippen LogP contribution in [0.1, 0.15) is 122 Å². The topological polar surface area (TPSA) is 184 Å². The summed E-state index contributed by atoms with van der Waals surface area (Å²) < 4.78 is 19.2. The van der Waals surface area contributed by atoms with Crippen LogP contribution in [0.5, 0.6) is 0 Å². The first-order valence-electron chi connectivity index (χ1n) is 25.4. The molecule has 0 radical (unpaired) electrons. The molecular formula is C54H62N14O4. The lowest BCUT2D eigenvalue weighted by atomic mass is 9.87. The van der Waals surface area contributed by atoms with Gasteiger partial charge in [-0.2, -0.15) is 30.9 Å². The highest BCUT2D eigenvalue weighted by molar-refractivity contribution is 5.82. The van der Waals surface area contributed by atoms with Gasteiger partial charge in [-0.25, -0.2) is 0 Å². The average molecular weight is 971 g/mol. The normalized spacial score (nSPS) is 21.3. The van der Waals surface area contributed by atoms with Gasteiger partial charge in [0, 0.05) is 149 Å². The van der Waals surface area contributed by atoms with Crippen LogP contribution in [0.4, 0.5) is 23.0 Å². The van der Waals surface area contributed by atoms with E-state index in [0.29, 0.717) is 62.4 Å². The number of anilines is 4. The molecule has 372 valence electrons. The number of hydrogen-bond donors (Lipinski definition) is 0. The highest BCUT2D eigenvalue weighted by Crippen LogP contribution is 2.47. The minimum Gasteiger partial charge on any atom is -0.379 e. The lowest BCUT2D eigenvalue weighted by Crippen LogP contribution is -2.36. The van der Waals surface area contributed by atoms with Gasteiger partial charge in [-0.15, -0.1) is 0 Å². The maximum Gasteiger partial charge on any atom is 0.219 e. The van der Waals surface area contributed by atoms with Gasteiger partial charge in [-0.3, -0.25) is 28.3 Å². The molecule has 6 aliphatic rings. The molecule has 72 heavy (non-hydrogen) atoms. The van der Waals surface area contributed by atoms with Crippen LogP contribution < -0.4 is 9.80 Å². The predicted molar refractivity (Wildman–Crippen MR) is 270 cm³/mol. The third-order valence-corrected chi connectivity index (χ3v) is 15.9. The van der Waals surface area contributed by atoms with E-state index in [2.05, 4.69) is 67.5 Å². The number of benzene rings is 2. The number of ether oxygens (including phenoxy) is 2. The van der Waals surface area contributed by atoms with Crippen molar-refractivity contribution in [2.45, 2.75) is 103 Å². The SMILES string of the molecule is CC(=O)N1CCc2c(c(N3CC[C@@H](C)c4cc(-c5cnn(C)c5)c(C#N)cc43)nn2[C@H]2CCOC2)C1.CC(=O)N1CCc2c(c(N3CC[C@H](C)c4cc(-c5cnn(C)c5)c(C#N)cc43)nn2[C@H]2CCOC2)C1. The number of carbonyl (C=O) groups is 2. The number of rotatable bonds is 6. The van der Waals surface area contributed by atoms with Crippen LogP contribution in [-0.4, -0.2) is 113 Å². The first-order valence-corrected chi connectivity index (χ1v) is 25.4. The van der Waals surface area contributed by atoms with Gasteiger partial charge < -0.3 is 29.1 Å². The zero-order chi connectivity index (χ0) is 49.9. The Morgan fingerprint density at radius 2 is 1.06 bits per heavy atom. The van der Waals surface area contributed by atoms with Gasteiger partial charge in [0.15, 0.2) is 11.6 Å². The summed E-state index contributed by atoms with van der Waals surface area (Å²) in [5, 5.41) is 39.1. The molecule has 2 fully saturated rings. The van der Waals surface area contributed by atoms with E-state index >= 15 is 0 Å². The van der Waals surface area contributed by atoms with Crippen LogP contribution in [-0.2, 0) is 59.1 Å². The van der Waals surface area contributed by atoms with Gasteiger partial charge in [-0.05, 0) is 72.9 Å². The van der Waals surface area contributed by atoms with Crippen molar-refractivity contribution in [1.29, 1.82) is 10.5 Å². The average Bonchev–Trinajstić information content (AvgIpc) is 4.26. The van der Waals surface area contributed by atoms with Crippen LogP contribution in [0.25, 0.3) is 22.3 Å². The molecule has 0 bridgehead atoms. The molecule has 0 spiro atoms. The van der Waals surface area contributed by atoms with Gasteiger partial charge in [0.2, 0.25) is 11.8 Å². The summed E-state index contributed by atoms with van der Waals surface area (Å²) in [7, 11) is 3.77. The van der Waals surface area contributed by atoms with E-state index in [9.17, 15) is 20.1 Å². The van der Waals surface area contributed by atoms with Crippen LogP contribution in [0.3, 0.4) is 0 Å². The van der Waals surface area contributed by atoms with Crippen molar-refractivity contribution in [2.75, 3.05) is 62.4 Å². The van der Waals surface area contributed by atoms with Crippen LogP contribution >= 0.6 is 0 Å². The molecule has 6 aliphatic heterocycles. The molecule has 2 saturated heterocycles. The van der Waals surface area contributed by atoms with Crippen molar-refractivity contribution in [2.24, 2.45) is 14.1 Å². The van der Waals surface area contributed by atoms with E-state index in [1.54, 1.807) is 23.2 Å². The van der Waals surface area contributed by atoms with E-state index < -0.39 is 0 Å². The Labute approximate surface area is 419 Å². The molecule has 0 unspecified atom stereocenters. The van der Waals surface area contributed by atoms with Crippen molar-refractivity contribution in [3.05, 3.63) is 93.8 Å². The van der Waals surface area contributed by atoms with E-state index in [0.717, 1.165) is 121 Å². The number of nitriles is 2. The Morgan fingerprint density at radius 1 is 0.625 bits per heavy atom. The summed E-state index contributed by atoms with van der Waals surface area (Å²) >= 11 is 0. The summed E-state index contributed by atoms with van der Waals surface area (Å²) in [6, 6.07) is 13.6. The second kappa shape index (κ2) is 19.0. The summed E-state index contributed by atoms with van der Waals surface area (Å²) in [6.45, 7) is 14.8. The van der Waals surface area contributed by atoms with Crippen LogP contribution in [0.15, 0.2) is 49.1 Å². The lowest BCUT2D eigenvalue weighted by Gasteiger charge is -2.35. The molecule has 0 aliphatic carbocycles. The summed E-state index contributed by atoms with van der Waals surface area (Å²) in [6.07, 6.45) is 13.0. The monoisotopic (exact) mass is 971 g/mol. The smallest absolute Gasteiger partial charge is 0.219 e. The van der Waals surface area contributed by atoms with Crippen LogP contribution in [0.2, 0.25) is 0 Å². The van der Waals surface area contributed by atoms with Gasteiger partial charge in [-0.1, -0.05) is 13.8 Å². The fourth-order valence-corrected chi connectivity index (χ4v) is 11.7. The molecular weight excluding hydrogens is 909 g/mol. The predicted octanol–water partition coefficient (Wildman–Crippen LogP) is 7.33. The molecule has 2 aromatic carbocycles. The standard InChI is InChI=1S/2C27H31N7O2/c2*1-17-4-8-33(26-10-19(12-28)23(11-22(17)26)20-13-29-31(3)14-20)27-24-15-32(18(2)35)7-5-25(24)34(30-27)21-6-9-36-16-21/h2*10-11,13-14,17,21H,4-9,15-16H2,1-3H3/t17-,21+;17-,21-/m10/s1. The quantitative estimate of drug-likeness (QED) is 0.162. The Bertz CT molecular complexity index is 2960. The summed E-state index contributed by atoms with van der Waals surface area (Å²) in [5.41, 5.74) is 14.1. The maximum atomic E-state index is 12.3. The maximum absolute atomic E-state index is 12.3. The Morgan fingerprint density at radius 3 is 1.40 bits per heavy atom. The number of hydrogen-bond acceptors (Lipinski definition) is 12. The number of aromatic nitrogens is 8. The van der Waals surface area contributed by atoms with Gasteiger partial charge in [0.1, 0.15) is 0 Å². The first kappa shape index (κ1) is 47.1. The Hall–Kier alpha value is -7.28. The van der Waals surface area contributed by atoms with E-state index in [1.807, 2.05) is 60.8 Å². The van der Waals surface area contributed by atoms with E-state index in [1.165, 1.54) is 22.5 Å². The van der Waals surface area contributed by atoms with Crippen molar-refractivity contribution < 1.29 is 19.1 Å². The third-order valence-electron chi connectivity index (χ3n) is 15.9. The van der Waals surface area contributed by atoms with Crippen molar-refractivity contribution in [1.82, 2.24) is 48.9 Å². The molecule has 12 rings (SSSR count). The molecule has 0 saturated carbocycles. The van der Waals surface area contributed by atoms with E-state index in [-0.39, 0.29) is 23.9 Å². The summed E-state index contributed by atoms with van der Waals surface area (Å²) in [5.74, 6) is 2.71. The number of carbonyl (C=O) groups excluding carboxylic acids is 2. The molecule has 4 aromatic heterocycles. The molecule has 4 atom stereocenters. The second-order valence-corrected chi connectivity index (χ2v) is 20.4. The number of amides is 2. The molecule has 18 nitrogen and oxygen atoms in total. The summed E-state index contributed by atoms with van der Waals surface area (Å²) in [4.78, 5) is 32.9. The van der Waals surface area contributed by atoms with Crippen LogP contribution in [0, 0.1) is 22.7 Å². The largest absolute Gasteiger partial charge is 0.379 e. The fraction of sp³-hybridized carbons (Fsp3) is 0.481. The van der Waals surface area contributed by atoms with Crippen molar-refractivity contribution in [3.63, 3.8) is 0 Å². The molecule has 6 aromatic rings. The number of nitrogens with zero attached hydrogens (tertiary/aromatic N) is 14. The highest BCUT2D eigenvalue weighted by Gasteiger charge is 2.37. The highest BCUT2D eigenvalue weighted by atomic mass is 16.5. The minimum absolute atomic E-state index is 0.0871. The number of fused-ring (bicyclic) bond motifs is 4. The Kier molecular flexibility index (Phi) is 12.5. The molecule has 0 N–H and O–H groups in total. The lowest BCUT2D eigenvalue weighted by molar-refractivity contribution is -0.130. The van der Waals surface area contributed by atoms with E-state index in [4.69, 9.17) is 19.7 Å². The third kappa shape index (κ3) is 8.39.